The fourth-order valence-corrected chi connectivity index (χ4v) is 0.872. The molecule has 0 aliphatic carbocycles. The van der Waals surface area contributed by atoms with Gasteiger partial charge in [-0.05, 0) is 0 Å². The second kappa shape index (κ2) is 4.58. The standard InChI is InChI=1S/C8H7BrN4/c1-6(9)3-12-8-7(2-10)4-11-5-13-8/h4-5H,1,3H2,(H,11,12,13). The van der Waals surface area contributed by atoms with Crippen LogP contribution < -0.4 is 5.32 Å². The Bertz CT molecular complexity index is 355. The summed E-state index contributed by atoms with van der Waals surface area (Å²) >= 11 is 3.20. The third-order valence-corrected chi connectivity index (χ3v) is 1.56. The monoisotopic (exact) mass is 238 g/mol. The predicted octanol–water partition coefficient (Wildman–Crippen LogP) is 1.67. The maximum absolute atomic E-state index is 8.68. The second-order valence-corrected chi connectivity index (χ2v) is 3.39. The van der Waals surface area contributed by atoms with Crippen molar-refractivity contribution in [3.63, 3.8) is 0 Å². The van der Waals surface area contributed by atoms with Gasteiger partial charge in [-0.25, -0.2) is 9.97 Å². The van der Waals surface area contributed by atoms with Crippen molar-refractivity contribution in [2.75, 3.05) is 11.9 Å². The first kappa shape index (κ1) is 9.68. The molecule has 5 heteroatoms. The molecule has 1 N–H and O–H groups in total. The number of hydrogen-bond donors (Lipinski definition) is 1. The molecule has 0 spiro atoms. The van der Waals surface area contributed by atoms with Crippen LogP contribution in [-0.2, 0) is 0 Å². The molecule has 1 aromatic heterocycles. The molecule has 1 rings (SSSR count). The fraction of sp³-hybridized carbons (Fsp3) is 0.125. The smallest absolute Gasteiger partial charge is 0.147 e. The summed E-state index contributed by atoms with van der Waals surface area (Å²) in [5.41, 5.74) is 0.427. The van der Waals surface area contributed by atoms with Gasteiger partial charge in [-0.2, -0.15) is 5.26 Å². The van der Waals surface area contributed by atoms with E-state index in [1.165, 1.54) is 12.5 Å². The lowest BCUT2D eigenvalue weighted by Gasteiger charge is -2.03. The third kappa shape index (κ3) is 2.84. The van der Waals surface area contributed by atoms with Crippen molar-refractivity contribution in [2.45, 2.75) is 0 Å². The molecule has 66 valence electrons. The zero-order chi connectivity index (χ0) is 9.68. The number of aromatic nitrogens is 2. The van der Waals surface area contributed by atoms with Crippen LogP contribution in [0.4, 0.5) is 5.82 Å². The van der Waals surface area contributed by atoms with Crippen molar-refractivity contribution < 1.29 is 0 Å². The number of rotatable bonds is 3. The number of nitrogens with one attached hydrogen (secondary N) is 1. The quantitative estimate of drug-likeness (QED) is 0.871. The number of halogens is 1. The van der Waals surface area contributed by atoms with Gasteiger partial charge in [-0.15, -0.1) is 0 Å². The summed E-state index contributed by atoms with van der Waals surface area (Å²) in [7, 11) is 0. The van der Waals surface area contributed by atoms with E-state index in [-0.39, 0.29) is 0 Å². The molecule has 1 heterocycles. The van der Waals surface area contributed by atoms with Gasteiger partial charge < -0.3 is 5.32 Å². The molecule has 0 bridgehead atoms. The Labute approximate surface area is 84.5 Å². The van der Waals surface area contributed by atoms with Gasteiger partial charge in [0.1, 0.15) is 23.8 Å². The van der Waals surface area contributed by atoms with Crippen molar-refractivity contribution >= 4 is 21.7 Å². The topological polar surface area (TPSA) is 61.6 Å². The van der Waals surface area contributed by atoms with Gasteiger partial charge in [-0.1, -0.05) is 22.5 Å². The SMILES string of the molecule is C=C(Br)CNc1ncncc1C#N. The van der Waals surface area contributed by atoms with Gasteiger partial charge in [-0.3, -0.25) is 0 Å². The van der Waals surface area contributed by atoms with E-state index in [9.17, 15) is 0 Å². The Morgan fingerprint density at radius 3 is 3.15 bits per heavy atom. The maximum atomic E-state index is 8.68. The summed E-state index contributed by atoms with van der Waals surface area (Å²) in [6.07, 6.45) is 2.85. The molecule has 0 fully saturated rings. The average molecular weight is 239 g/mol. The van der Waals surface area contributed by atoms with E-state index >= 15 is 0 Å². The number of nitrogens with zero attached hydrogens (tertiary/aromatic N) is 3. The fourth-order valence-electron chi connectivity index (χ4n) is 0.732. The van der Waals surface area contributed by atoms with Gasteiger partial charge in [0.05, 0.1) is 6.20 Å². The minimum absolute atomic E-state index is 0.427. The summed E-state index contributed by atoms with van der Waals surface area (Å²) < 4.78 is 0.801. The molecule has 13 heavy (non-hydrogen) atoms. The van der Waals surface area contributed by atoms with Crippen LogP contribution in [0.3, 0.4) is 0 Å². The lowest BCUT2D eigenvalue weighted by Crippen LogP contribution is -2.04. The minimum atomic E-state index is 0.427. The van der Waals surface area contributed by atoms with E-state index in [2.05, 4.69) is 37.8 Å². The molecular formula is C8H7BrN4. The van der Waals surface area contributed by atoms with Crippen molar-refractivity contribution in [3.05, 3.63) is 29.1 Å². The lowest BCUT2D eigenvalue weighted by atomic mass is 10.3. The van der Waals surface area contributed by atoms with Gasteiger partial charge in [0, 0.05) is 11.0 Å². The van der Waals surface area contributed by atoms with Crippen molar-refractivity contribution in [2.24, 2.45) is 0 Å². The molecule has 0 saturated heterocycles. The Balaban J connectivity index is 2.77. The molecule has 1 aromatic rings. The van der Waals surface area contributed by atoms with E-state index in [1.54, 1.807) is 0 Å². The highest BCUT2D eigenvalue weighted by atomic mass is 79.9. The Morgan fingerprint density at radius 1 is 1.77 bits per heavy atom. The van der Waals surface area contributed by atoms with Gasteiger partial charge >= 0.3 is 0 Å². The predicted molar refractivity (Wildman–Crippen MR) is 53.3 cm³/mol. The van der Waals surface area contributed by atoms with E-state index in [0.29, 0.717) is 17.9 Å². The van der Waals surface area contributed by atoms with Crippen molar-refractivity contribution in [1.82, 2.24) is 9.97 Å². The van der Waals surface area contributed by atoms with E-state index in [0.717, 1.165) is 4.48 Å². The highest BCUT2D eigenvalue weighted by molar-refractivity contribution is 9.11. The molecule has 0 aromatic carbocycles. The number of nitriles is 1. The summed E-state index contributed by atoms with van der Waals surface area (Å²) in [5, 5.41) is 11.6. The molecule has 0 atom stereocenters. The van der Waals surface area contributed by atoms with Gasteiger partial charge in [0.15, 0.2) is 0 Å². The van der Waals surface area contributed by atoms with Crippen LogP contribution in [0, 0.1) is 11.3 Å². The lowest BCUT2D eigenvalue weighted by molar-refractivity contribution is 1.12. The highest BCUT2D eigenvalue weighted by Crippen LogP contribution is 2.09. The molecule has 0 unspecified atom stereocenters. The summed E-state index contributed by atoms with van der Waals surface area (Å²) in [5.74, 6) is 0.526. The maximum Gasteiger partial charge on any atom is 0.147 e. The van der Waals surface area contributed by atoms with Crippen LogP contribution in [-0.4, -0.2) is 16.5 Å². The Morgan fingerprint density at radius 2 is 2.54 bits per heavy atom. The van der Waals surface area contributed by atoms with E-state index in [1.807, 2.05) is 6.07 Å². The summed E-state index contributed by atoms with van der Waals surface area (Å²) in [6.45, 7) is 4.19. The zero-order valence-corrected chi connectivity index (χ0v) is 8.37. The highest BCUT2D eigenvalue weighted by Gasteiger charge is 2.01. The summed E-state index contributed by atoms with van der Waals surface area (Å²) in [6, 6.07) is 1.99. The first-order valence-electron chi connectivity index (χ1n) is 3.51. The average Bonchev–Trinajstić information content (AvgIpc) is 2.15. The number of hydrogen-bond acceptors (Lipinski definition) is 4. The Hall–Kier alpha value is -1.41. The van der Waals surface area contributed by atoms with Crippen LogP contribution in [0.25, 0.3) is 0 Å². The van der Waals surface area contributed by atoms with Crippen LogP contribution in [0.15, 0.2) is 23.6 Å². The van der Waals surface area contributed by atoms with E-state index < -0.39 is 0 Å². The van der Waals surface area contributed by atoms with E-state index in [4.69, 9.17) is 5.26 Å². The third-order valence-electron chi connectivity index (χ3n) is 1.28. The second-order valence-electron chi connectivity index (χ2n) is 2.27. The van der Waals surface area contributed by atoms with Crippen molar-refractivity contribution in [3.8, 4) is 6.07 Å². The van der Waals surface area contributed by atoms with Crippen LogP contribution in [0.1, 0.15) is 5.56 Å². The Kier molecular flexibility index (Phi) is 3.41. The molecule has 0 amide bonds. The molecule has 0 aliphatic rings. The zero-order valence-electron chi connectivity index (χ0n) is 6.79. The molecule has 0 saturated carbocycles. The van der Waals surface area contributed by atoms with Crippen LogP contribution in [0.2, 0.25) is 0 Å². The minimum Gasteiger partial charge on any atom is -0.364 e. The normalized spacial score (nSPS) is 8.92. The molecule has 0 radical (unpaired) electrons. The molecule has 4 nitrogen and oxygen atoms in total. The molecular weight excluding hydrogens is 232 g/mol. The first-order chi connectivity index (χ1) is 6.24. The van der Waals surface area contributed by atoms with Crippen LogP contribution >= 0.6 is 15.9 Å². The summed E-state index contributed by atoms with van der Waals surface area (Å²) in [4.78, 5) is 7.65. The largest absolute Gasteiger partial charge is 0.364 e. The number of anilines is 1. The molecule has 0 aliphatic heterocycles. The van der Waals surface area contributed by atoms with Gasteiger partial charge in [0.25, 0.3) is 0 Å². The first-order valence-corrected chi connectivity index (χ1v) is 4.30. The van der Waals surface area contributed by atoms with Crippen molar-refractivity contribution in [1.29, 1.82) is 5.26 Å². The van der Waals surface area contributed by atoms with Gasteiger partial charge in [0.2, 0.25) is 0 Å². The van der Waals surface area contributed by atoms with Crippen LogP contribution in [0.5, 0.6) is 0 Å².